The minimum Gasteiger partial charge on any atom is -0.497 e. The number of benzene rings is 1. The van der Waals surface area contributed by atoms with E-state index >= 15 is 0 Å². The van der Waals surface area contributed by atoms with E-state index < -0.39 is 0 Å². The maximum atomic E-state index is 12.2. The van der Waals surface area contributed by atoms with E-state index in [1.54, 1.807) is 7.11 Å². The third-order valence-electron chi connectivity index (χ3n) is 5.89. The van der Waals surface area contributed by atoms with Crippen molar-refractivity contribution in [3.05, 3.63) is 24.3 Å². The third kappa shape index (κ3) is 7.15. The first-order valence-electron chi connectivity index (χ1n) is 11.2. The molecule has 2 aliphatic rings. The molecule has 31 heavy (non-hydrogen) atoms. The number of anilines is 1. The Morgan fingerprint density at radius 2 is 2.06 bits per heavy atom. The number of halogens is 1. The van der Waals surface area contributed by atoms with Gasteiger partial charge in [0.1, 0.15) is 5.75 Å². The van der Waals surface area contributed by atoms with Gasteiger partial charge >= 0.3 is 0 Å². The zero-order valence-corrected chi connectivity index (χ0v) is 21.6. The Kier molecular flexibility index (Phi) is 10.2. The molecule has 174 valence electrons. The summed E-state index contributed by atoms with van der Waals surface area (Å²) in [5.74, 6) is 2.59. The Morgan fingerprint density at radius 1 is 1.26 bits per heavy atom. The molecule has 1 amide bonds. The number of likely N-dealkylation sites (tertiary alicyclic amines) is 1. The van der Waals surface area contributed by atoms with Crippen molar-refractivity contribution in [2.45, 2.75) is 39.7 Å². The van der Waals surface area contributed by atoms with Gasteiger partial charge in [-0.3, -0.25) is 9.79 Å². The van der Waals surface area contributed by atoms with E-state index in [4.69, 9.17) is 9.73 Å². The molecular weight excluding hydrogens is 505 g/mol. The number of carbonyl (C=O) groups is 1. The molecule has 2 fully saturated rings. The zero-order chi connectivity index (χ0) is 21.5. The highest BCUT2D eigenvalue weighted by atomic mass is 127. The summed E-state index contributed by atoms with van der Waals surface area (Å²) in [7, 11) is 1.71. The van der Waals surface area contributed by atoms with Crippen molar-refractivity contribution >= 4 is 41.5 Å². The highest BCUT2D eigenvalue weighted by Gasteiger charge is 2.28. The fourth-order valence-corrected chi connectivity index (χ4v) is 4.20. The lowest BCUT2D eigenvalue weighted by Crippen LogP contribution is -2.45. The van der Waals surface area contributed by atoms with Crippen LogP contribution in [0.2, 0.25) is 0 Å². The number of nitrogens with zero attached hydrogens (tertiary/aromatic N) is 3. The summed E-state index contributed by atoms with van der Waals surface area (Å²) < 4.78 is 5.36. The number of amides is 1. The second-order valence-electron chi connectivity index (χ2n) is 8.59. The topological polar surface area (TPSA) is 69.2 Å². The molecule has 2 saturated heterocycles. The van der Waals surface area contributed by atoms with Gasteiger partial charge in [0.15, 0.2) is 5.96 Å². The first-order chi connectivity index (χ1) is 14.5. The predicted molar refractivity (Wildman–Crippen MR) is 138 cm³/mol. The van der Waals surface area contributed by atoms with Crippen molar-refractivity contribution < 1.29 is 9.53 Å². The molecule has 2 N–H and O–H groups in total. The summed E-state index contributed by atoms with van der Waals surface area (Å²) >= 11 is 0. The average molecular weight is 543 g/mol. The third-order valence-corrected chi connectivity index (χ3v) is 5.89. The van der Waals surface area contributed by atoms with Gasteiger partial charge in [0.25, 0.3) is 0 Å². The number of carbonyl (C=O) groups excluding carboxylic acids is 1. The SMILES string of the molecule is CCNC(=NCC1CCN(c2cccc(OC)c2)C1)NC1CCN(C(=O)C(C)C)C1.I. The molecular formula is C23H38IN5O2. The highest BCUT2D eigenvalue weighted by Crippen LogP contribution is 2.27. The van der Waals surface area contributed by atoms with Crippen LogP contribution in [0.25, 0.3) is 0 Å². The van der Waals surface area contributed by atoms with Gasteiger partial charge < -0.3 is 25.2 Å². The Hall–Kier alpha value is -1.71. The molecule has 0 aromatic heterocycles. The van der Waals surface area contributed by atoms with Crippen LogP contribution in [0.3, 0.4) is 0 Å². The van der Waals surface area contributed by atoms with Crippen LogP contribution >= 0.6 is 24.0 Å². The van der Waals surface area contributed by atoms with Crippen LogP contribution in [0.15, 0.2) is 29.3 Å². The largest absolute Gasteiger partial charge is 0.497 e. The van der Waals surface area contributed by atoms with Gasteiger partial charge in [-0.25, -0.2) is 0 Å². The van der Waals surface area contributed by atoms with Gasteiger partial charge in [-0.1, -0.05) is 19.9 Å². The molecule has 2 heterocycles. The maximum absolute atomic E-state index is 12.2. The van der Waals surface area contributed by atoms with Gasteiger partial charge in [-0.15, -0.1) is 24.0 Å². The average Bonchev–Trinajstić information content (AvgIpc) is 3.41. The lowest BCUT2D eigenvalue weighted by Gasteiger charge is -2.21. The molecule has 1 aromatic rings. The number of guanidine groups is 1. The van der Waals surface area contributed by atoms with Crippen LogP contribution in [-0.4, -0.2) is 69.2 Å². The zero-order valence-electron chi connectivity index (χ0n) is 19.3. The number of aliphatic imine (C=N–C) groups is 1. The second kappa shape index (κ2) is 12.4. The fourth-order valence-electron chi connectivity index (χ4n) is 4.20. The van der Waals surface area contributed by atoms with Gasteiger partial charge in [-0.05, 0) is 37.8 Å². The van der Waals surface area contributed by atoms with E-state index in [0.29, 0.717) is 5.92 Å². The summed E-state index contributed by atoms with van der Waals surface area (Å²) in [6.45, 7) is 11.3. The predicted octanol–water partition coefficient (Wildman–Crippen LogP) is 2.95. The van der Waals surface area contributed by atoms with Crippen molar-refractivity contribution in [1.82, 2.24) is 15.5 Å². The second-order valence-corrected chi connectivity index (χ2v) is 8.59. The molecule has 8 heteroatoms. The van der Waals surface area contributed by atoms with Gasteiger partial charge in [0.2, 0.25) is 5.91 Å². The Labute approximate surface area is 204 Å². The number of hydrogen-bond acceptors (Lipinski definition) is 4. The van der Waals surface area contributed by atoms with E-state index in [-0.39, 0.29) is 41.8 Å². The Bertz CT molecular complexity index is 742. The van der Waals surface area contributed by atoms with Crippen LogP contribution in [0.5, 0.6) is 5.75 Å². The van der Waals surface area contributed by atoms with E-state index in [9.17, 15) is 4.79 Å². The number of nitrogens with one attached hydrogen (secondary N) is 2. The van der Waals surface area contributed by atoms with Crippen molar-refractivity contribution in [2.24, 2.45) is 16.8 Å². The fraction of sp³-hybridized carbons (Fsp3) is 0.652. The molecule has 0 saturated carbocycles. The Morgan fingerprint density at radius 3 is 2.77 bits per heavy atom. The number of rotatable bonds is 7. The highest BCUT2D eigenvalue weighted by molar-refractivity contribution is 14.0. The molecule has 0 spiro atoms. The van der Waals surface area contributed by atoms with E-state index in [1.165, 1.54) is 5.69 Å². The first kappa shape index (κ1) is 25.5. The van der Waals surface area contributed by atoms with E-state index in [2.05, 4.69) is 34.6 Å². The summed E-state index contributed by atoms with van der Waals surface area (Å²) in [6.07, 6.45) is 2.11. The summed E-state index contributed by atoms with van der Waals surface area (Å²) in [6, 6.07) is 8.53. The lowest BCUT2D eigenvalue weighted by molar-refractivity contribution is -0.133. The van der Waals surface area contributed by atoms with Crippen LogP contribution in [0.4, 0.5) is 5.69 Å². The minimum absolute atomic E-state index is 0. The van der Waals surface area contributed by atoms with Crippen molar-refractivity contribution in [3.63, 3.8) is 0 Å². The van der Waals surface area contributed by atoms with Crippen molar-refractivity contribution in [1.29, 1.82) is 0 Å². The molecule has 2 atom stereocenters. The van der Waals surface area contributed by atoms with E-state index in [0.717, 1.165) is 63.8 Å². The van der Waals surface area contributed by atoms with Crippen LogP contribution < -0.4 is 20.3 Å². The molecule has 0 bridgehead atoms. The lowest BCUT2D eigenvalue weighted by atomic mass is 10.1. The summed E-state index contributed by atoms with van der Waals surface area (Å²) in [5, 5.41) is 6.90. The normalized spacial score (nSPS) is 21.3. The molecule has 7 nitrogen and oxygen atoms in total. The summed E-state index contributed by atoms with van der Waals surface area (Å²) in [4.78, 5) is 21.5. The van der Waals surface area contributed by atoms with Crippen LogP contribution in [0, 0.1) is 11.8 Å². The van der Waals surface area contributed by atoms with Crippen LogP contribution in [0.1, 0.15) is 33.6 Å². The maximum Gasteiger partial charge on any atom is 0.225 e. The van der Waals surface area contributed by atoms with Crippen molar-refractivity contribution in [3.8, 4) is 5.75 Å². The first-order valence-corrected chi connectivity index (χ1v) is 11.2. The molecule has 0 radical (unpaired) electrons. The monoisotopic (exact) mass is 543 g/mol. The Balaban J connectivity index is 0.00000341. The number of hydrogen-bond donors (Lipinski definition) is 2. The number of ether oxygens (including phenoxy) is 1. The quantitative estimate of drug-likeness (QED) is 0.315. The van der Waals surface area contributed by atoms with Crippen LogP contribution in [-0.2, 0) is 4.79 Å². The minimum atomic E-state index is 0. The van der Waals surface area contributed by atoms with Gasteiger partial charge in [0.05, 0.1) is 7.11 Å². The smallest absolute Gasteiger partial charge is 0.225 e. The molecule has 3 rings (SSSR count). The molecule has 2 unspecified atom stereocenters. The molecule has 2 aliphatic heterocycles. The van der Waals surface area contributed by atoms with E-state index in [1.807, 2.05) is 30.9 Å². The standard InChI is InChI=1S/C23H37N5O2.HI/c1-5-24-23(26-19-10-12-28(16-19)22(29)17(2)3)25-14-18-9-11-27(15-18)20-7-6-8-21(13-20)30-4;/h6-8,13,17-19H,5,9-12,14-16H2,1-4H3,(H2,24,25,26);1H. The van der Waals surface area contributed by atoms with Crippen molar-refractivity contribution in [2.75, 3.05) is 51.3 Å². The van der Waals surface area contributed by atoms with Gasteiger partial charge in [-0.2, -0.15) is 0 Å². The summed E-state index contributed by atoms with van der Waals surface area (Å²) in [5.41, 5.74) is 1.21. The van der Waals surface area contributed by atoms with Gasteiger partial charge in [0, 0.05) is 63.0 Å². The molecule has 0 aliphatic carbocycles. The number of methoxy groups -OCH3 is 1. The molecule has 1 aromatic carbocycles.